The van der Waals surface area contributed by atoms with Crippen molar-refractivity contribution >= 4 is 15.9 Å². The average Bonchev–Trinajstić information content (AvgIpc) is 2.32. The molecule has 106 valence electrons. The average molecular weight is 293 g/mol. The number of carbonyl (C=O) groups excluding carboxylic acids is 1. The largest absolute Gasteiger partial charge is 0.351 e. The van der Waals surface area contributed by atoms with Gasteiger partial charge in [0.25, 0.3) is 5.91 Å². The lowest BCUT2D eigenvalue weighted by Gasteiger charge is -2.07. The number of nitrogens with zero attached hydrogens (tertiary/aromatic N) is 1. The molecule has 0 unspecified atom stereocenters. The quantitative estimate of drug-likeness (QED) is 0.724. The van der Waals surface area contributed by atoms with E-state index >= 15 is 0 Å². The molecule has 19 heavy (non-hydrogen) atoms. The molecule has 0 radical (unpaired) electrons. The van der Waals surface area contributed by atoms with Crippen molar-refractivity contribution in [1.29, 1.82) is 0 Å². The first-order chi connectivity index (χ1) is 8.87. The van der Waals surface area contributed by atoms with E-state index in [2.05, 4.69) is 15.0 Å². The van der Waals surface area contributed by atoms with E-state index < -0.39 is 33.3 Å². The van der Waals surface area contributed by atoms with Gasteiger partial charge < -0.3 is 5.32 Å². The van der Waals surface area contributed by atoms with Crippen molar-refractivity contribution in [1.82, 2.24) is 15.0 Å². The lowest BCUT2D eigenvalue weighted by molar-refractivity contribution is 0.0950. The number of carbonyl (C=O) groups is 1. The summed E-state index contributed by atoms with van der Waals surface area (Å²) >= 11 is 0. The molecule has 0 aromatic carbocycles. The van der Waals surface area contributed by atoms with Gasteiger partial charge >= 0.3 is 0 Å². The number of hydrogen-bond donors (Lipinski definition) is 2. The van der Waals surface area contributed by atoms with Crippen LogP contribution >= 0.6 is 0 Å². The summed E-state index contributed by atoms with van der Waals surface area (Å²) in [6, 6.07) is 1.01. The third kappa shape index (κ3) is 4.52. The van der Waals surface area contributed by atoms with Gasteiger partial charge in [0.2, 0.25) is 16.0 Å². The molecule has 0 aliphatic carbocycles. The van der Waals surface area contributed by atoms with Crippen molar-refractivity contribution in [2.75, 3.05) is 18.8 Å². The van der Waals surface area contributed by atoms with E-state index in [9.17, 15) is 22.0 Å². The highest BCUT2D eigenvalue weighted by Gasteiger charge is 2.16. The number of pyridine rings is 1. The van der Waals surface area contributed by atoms with Crippen molar-refractivity contribution in [3.63, 3.8) is 0 Å². The van der Waals surface area contributed by atoms with Crippen LogP contribution in [0.3, 0.4) is 0 Å². The zero-order chi connectivity index (χ0) is 14.5. The van der Waals surface area contributed by atoms with Gasteiger partial charge in [0.1, 0.15) is 0 Å². The minimum Gasteiger partial charge on any atom is -0.351 e. The van der Waals surface area contributed by atoms with Crippen LogP contribution in [0.15, 0.2) is 12.3 Å². The lowest BCUT2D eigenvalue weighted by atomic mass is 10.2. The van der Waals surface area contributed by atoms with Crippen LogP contribution in [0.2, 0.25) is 0 Å². The van der Waals surface area contributed by atoms with Crippen molar-refractivity contribution in [2.45, 2.75) is 6.92 Å². The molecule has 0 saturated heterocycles. The van der Waals surface area contributed by atoms with Crippen LogP contribution < -0.4 is 10.0 Å². The normalized spacial score (nSPS) is 11.3. The molecule has 9 heteroatoms. The van der Waals surface area contributed by atoms with E-state index in [1.54, 1.807) is 6.92 Å². The Balaban J connectivity index is 2.60. The Morgan fingerprint density at radius 1 is 1.42 bits per heavy atom. The van der Waals surface area contributed by atoms with Gasteiger partial charge in [-0.05, 0) is 6.07 Å². The van der Waals surface area contributed by atoms with E-state index in [-0.39, 0.29) is 18.8 Å². The molecular formula is C10H13F2N3O3S. The number of amides is 1. The van der Waals surface area contributed by atoms with Crippen LogP contribution in [0.4, 0.5) is 8.78 Å². The summed E-state index contributed by atoms with van der Waals surface area (Å²) < 4.78 is 50.7. The Morgan fingerprint density at radius 3 is 2.74 bits per heavy atom. The zero-order valence-corrected chi connectivity index (χ0v) is 10.9. The monoisotopic (exact) mass is 293 g/mol. The molecule has 1 aromatic heterocycles. The second-order valence-corrected chi connectivity index (χ2v) is 5.46. The van der Waals surface area contributed by atoms with Gasteiger partial charge in [0.15, 0.2) is 5.82 Å². The van der Waals surface area contributed by atoms with Gasteiger partial charge in [-0.2, -0.15) is 4.39 Å². The fraction of sp³-hybridized carbons (Fsp3) is 0.400. The second-order valence-electron chi connectivity index (χ2n) is 3.54. The number of rotatable bonds is 6. The highest BCUT2D eigenvalue weighted by atomic mass is 32.2. The van der Waals surface area contributed by atoms with Crippen LogP contribution in [-0.2, 0) is 10.0 Å². The first kappa shape index (κ1) is 15.4. The Bertz CT molecular complexity index is 563. The minimum atomic E-state index is -3.47. The Labute approximate surface area is 109 Å². The summed E-state index contributed by atoms with van der Waals surface area (Å²) in [6.45, 7) is 1.64. The molecule has 0 bridgehead atoms. The molecule has 1 heterocycles. The van der Waals surface area contributed by atoms with Gasteiger partial charge in [0, 0.05) is 19.3 Å². The molecule has 0 spiro atoms. The Kier molecular flexibility index (Phi) is 5.31. The number of aromatic nitrogens is 1. The maximum absolute atomic E-state index is 13.2. The first-order valence-electron chi connectivity index (χ1n) is 5.43. The summed E-state index contributed by atoms with van der Waals surface area (Å²) in [5.74, 6) is -3.99. The van der Waals surface area contributed by atoms with Crippen molar-refractivity contribution in [2.24, 2.45) is 0 Å². The molecule has 0 atom stereocenters. The van der Waals surface area contributed by atoms with E-state index in [1.807, 2.05) is 0 Å². The third-order valence-corrected chi connectivity index (χ3v) is 3.58. The van der Waals surface area contributed by atoms with E-state index in [0.29, 0.717) is 0 Å². The van der Waals surface area contributed by atoms with Gasteiger partial charge in [-0.3, -0.25) is 4.79 Å². The standard InChI is InChI=1S/C10H13F2N3O3S/c1-2-15-19(17,18)6-5-14-10(16)7-3-4-13-9(12)8(7)11/h3-4,15H,2,5-6H2,1H3,(H,14,16). The van der Waals surface area contributed by atoms with Gasteiger partial charge in [0.05, 0.1) is 11.3 Å². The van der Waals surface area contributed by atoms with E-state index in [0.717, 1.165) is 12.3 Å². The van der Waals surface area contributed by atoms with Crippen molar-refractivity contribution in [3.05, 3.63) is 29.6 Å². The molecule has 2 N–H and O–H groups in total. The Hall–Kier alpha value is -1.61. The maximum atomic E-state index is 13.2. The number of halogens is 2. The van der Waals surface area contributed by atoms with Crippen LogP contribution in [0.1, 0.15) is 17.3 Å². The third-order valence-electron chi connectivity index (χ3n) is 2.11. The lowest BCUT2D eigenvalue weighted by Crippen LogP contribution is -2.34. The predicted octanol–water partition coefficient (Wildman–Crippen LogP) is 0.0289. The molecule has 1 amide bonds. The topological polar surface area (TPSA) is 88.2 Å². The number of hydrogen-bond acceptors (Lipinski definition) is 4. The smallest absolute Gasteiger partial charge is 0.254 e. The Morgan fingerprint density at radius 2 is 2.11 bits per heavy atom. The van der Waals surface area contributed by atoms with Crippen molar-refractivity contribution < 1.29 is 22.0 Å². The van der Waals surface area contributed by atoms with Crippen LogP contribution in [0.5, 0.6) is 0 Å². The SMILES string of the molecule is CCNS(=O)(=O)CCNC(=O)c1ccnc(F)c1F. The molecule has 0 saturated carbocycles. The molecule has 1 rings (SSSR count). The van der Waals surface area contributed by atoms with Gasteiger partial charge in [-0.1, -0.05) is 6.92 Å². The molecule has 0 aliphatic rings. The second kappa shape index (κ2) is 6.53. The van der Waals surface area contributed by atoms with Crippen LogP contribution in [-0.4, -0.2) is 38.2 Å². The number of sulfonamides is 1. The predicted molar refractivity (Wildman–Crippen MR) is 63.9 cm³/mol. The summed E-state index contributed by atoms with van der Waals surface area (Å²) in [5.41, 5.74) is -0.520. The highest BCUT2D eigenvalue weighted by molar-refractivity contribution is 7.89. The molecule has 6 nitrogen and oxygen atoms in total. The van der Waals surface area contributed by atoms with Gasteiger partial charge in [-0.25, -0.2) is 22.5 Å². The van der Waals surface area contributed by atoms with E-state index in [4.69, 9.17) is 0 Å². The zero-order valence-electron chi connectivity index (χ0n) is 10.1. The molecule has 0 fully saturated rings. The van der Waals surface area contributed by atoms with E-state index in [1.165, 1.54) is 0 Å². The number of nitrogens with one attached hydrogen (secondary N) is 2. The summed E-state index contributed by atoms with van der Waals surface area (Å²) in [7, 11) is -3.47. The molecule has 1 aromatic rings. The molecule has 0 aliphatic heterocycles. The highest BCUT2D eigenvalue weighted by Crippen LogP contribution is 2.08. The summed E-state index contributed by atoms with van der Waals surface area (Å²) in [4.78, 5) is 14.5. The summed E-state index contributed by atoms with van der Waals surface area (Å²) in [6.07, 6.45) is 0.947. The van der Waals surface area contributed by atoms with Crippen molar-refractivity contribution in [3.8, 4) is 0 Å². The molecular weight excluding hydrogens is 280 g/mol. The fourth-order valence-electron chi connectivity index (χ4n) is 1.28. The van der Waals surface area contributed by atoms with Crippen LogP contribution in [0, 0.1) is 11.8 Å². The van der Waals surface area contributed by atoms with Crippen LogP contribution in [0.25, 0.3) is 0 Å². The maximum Gasteiger partial charge on any atom is 0.254 e. The fourth-order valence-corrected chi connectivity index (χ4v) is 2.23. The summed E-state index contributed by atoms with van der Waals surface area (Å²) in [5, 5.41) is 2.19. The minimum absolute atomic E-state index is 0.211. The van der Waals surface area contributed by atoms with Gasteiger partial charge in [-0.15, -0.1) is 0 Å². The first-order valence-corrected chi connectivity index (χ1v) is 7.08.